The molecule has 0 bridgehead atoms. The van der Waals surface area contributed by atoms with Crippen LogP contribution in [0, 0.1) is 5.82 Å². The molecule has 2 rings (SSSR count). The van der Waals surface area contributed by atoms with Gasteiger partial charge in [0.15, 0.2) is 5.96 Å². The van der Waals surface area contributed by atoms with Gasteiger partial charge in [-0.15, -0.1) is 24.0 Å². The first-order valence-corrected chi connectivity index (χ1v) is 7.72. The van der Waals surface area contributed by atoms with E-state index in [-0.39, 0.29) is 29.8 Å². The van der Waals surface area contributed by atoms with Gasteiger partial charge in [-0.25, -0.2) is 4.39 Å². The number of guanidine groups is 1. The minimum absolute atomic E-state index is 0. The van der Waals surface area contributed by atoms with Crippen molar-refractivity contribution < 1.29 is 13.9 Å². The van der Waals surface area contributed by atoms with E-state index < -0.39 is 0 Å². The molecule has 1 aromatic rings. The number of nitrogens with zero attached hydrogens (tertiary/aromatic N) is 1. The number of halogens is 2. The summed E-state index contributed by atoms with van der Waals surface area (Å²) in [5.74, 6) is 1.20. The number of hydrogen-bond donors (Lipinski definition) is 2. The molecule has 1 heterocycles. The van der Waals surface area contributed by atoms with Gasteiger partial charge in [0, 0.05) is 26.7 Å². The van der Waals surface area contributed by atoms with Crippen molar-refractivity contribution in [1.29, 1.82) is 0 Å². The third-order valence-electron chi connectivity index (χ3n) is 3.44. The summed E-state index contributed by atoms with van der Waals surface area (Å²) in [6.07, 6.45) is 3.37. The summed E-state index contributed by atoms with van der Waals surface area (Å²) in [4.78, 5) is 4.17. The van der Waals surface area contributed by atoms with E-state index in [1.807, 2.05) is 0 Å². The van der Waals surface area contributed by atoms with Gasteiger partial charge >= 0.3 is 0 Å². The van der Waals surface area contributed by atoms with Crippen LogP contribution in [0.3, 0.4) is 0 Å². The number of benzene rings is 1. The highest BCUT2D eigenvalue weighted by atomic mass is 127. The molecule has 1 saturated heterocycles. The Kier molecular flexibility index (Phi) is 9.93. The van der Waals surface area contributed by atoms with Crippen molar-refractivity contribution in [1.82, 2.24) is 10.6 Å². The molecule has 5 nitrogen and oxygen atoms in total. The second kappa shape index (κ2) is 11.4. The van der Waals surface area contributed by atoms with Crippen LogP contribution in [0.4, 0.5) is 4.39 Å². The summed E-state index contributed by atoms with van der Waals surface area (Å²) < 4.78 is 23.8. The van der Waals surface area contributed by atoms with Crippen molar-refractivity contribution in [2.24, 2.45) is 4.99 Å². The average Bonchev–Trinajstić information content (AvgIpc) is 3.05. The Balaban J connectivity index is 0.00000264. The maximum absolute atomic E-state index is 12.7. The van der Waals surface area contributed by atoms with Crippen molar-refractivity contribution in [3.8, 4) is 5.75 Å². The van der Waals surface area contributed by atoms with Crippen LogP contribution in [0.5, 0.6) is 5.75 Å². The molecule has 0 radical (unpaired) electrons. The first kappa shape index (κ1) is 20.0. The predicted octanol–water partition coefficient (Wildman–Crippen LogP) is 2.56. The molecule has 1 aliphatic heterocycles. The summed E-state index contributed by atoms with van der Waals surface area (Å²) in [6, 6.07) is 6.05. The fourth-order valence-corrected chi connectivity index (χ4v) is 2.24. The van der Waals surface area contributed by atoms with Crippen molar-refractivity contribution in [3.63, 3.8) is 0 Å². The van der Waals surface area contributed by atoms with Crippen LogP contribution >= 0.6 is 24.0 Å². The summed E-state index contributed by atoms with van der Waals surface area (Å²) in [5.41, 5.74) is 0. The van der Waals surface area contributed by atoms with Crippen LogP contribution in [0.2, 0.25) is 0 Å². The average molecular weight is 437 g/mol. The molecule has 0 aliphatic carbocycles. The van der Waals surface area contributed by atoms with E-state index in [1.165, 1.54) is 12.1 Å². The Bertz CT molecular complexity index is 465. The largest absolute Gasteiger partial charge is 0.494 e. The lowest BCUT2D eigenvalue weighted by Crippen LogP contribution is -2.41. The molecule has 130 valence electrons. The monoisotopic (exact) mass is 437 g/mol. The lowest BCUT2D eigenvalue weighted by molar-refractivity contribution is 0.114. The maximum Gasteiger partial charge on any atom is 0.191 e. The molecule has 0 saturated carbocycles. The lowest BCUT2D eigenvalue weighted by Gasteiger charge is -2.15. The van der Waals surface area contributed by atoms with Gasteiger partial charge in [-0.3, -0.25) is 4.99 Å². The lowest BCUT2D eigenvalue weighted by atomic mass is 10.2. The smallest absolute Gasteiger partial charge is 0.191 e. The Hall–Kier alpha value is -1.09. The number of aliphatic imine (C=N–C) groups is 1. The molecule has 1 unspecified atom stereocenters. The van der Waals surface area contributed by atoms with E-state index in [2.05, 4.69) is 15.6 Å². The van der Waals surface area contributed by atoms with E-state index in [1.54, 1.807) is 19.2 Å². The topological polar surface area (TPSA) is 54.9 Å². The van der Waals surface area contributed by atoms with Gasteiger partial charge in [0.05, 0.1) is 12.7 Å². The molecule has 23 heavy (non-hydrogen) atoms. The minimum Gasteiger partial charge on any atom is -0.494 e. The Morgan fingerprint density at radius 1 is 1.35 bits per heavy atom. The second-order valence-electron chi connectivity index (χ2n) is 5.17. The summed E-state index contributed by atoms with van der Waals surface area (Å²) in [5, 5.41) is 6.49. The van der Waals surface area contributed by atoms with E-state index in [0.29, 0.717) is 18.5 Å². The maximum atomic E-state index is 12.7. The number of rotatable bonds is 7. The Morgan fingerprint density at radius 2 is 2.13 bits per heavy atom. The van der Waals surface area contributed by atoms with E-state index in [0.717, 1.165) is 44.9 Å². The molecule has 1 fully saturated rings. The van der Waals surface area contributed by atoms with Crippen LogP contribution in [0.25, 0.3) is 0 Å². The Labute approximate surface area is 154 Å². The molecule has 2 N–H and O–H groups in total. The van der Waals surface area contributed by atoms with Crippen LogP contribution in [0.1, 0.15) is 19.3 Å². The predicted molar refractivity (Wildman–Crippen MR) is 100 cm³/mol. The zero-order chi connectivity index (χ0) is 15.6. The third-order valence-corrected chi connectivity index (χ3v) is 3.44. The highest BCUT2D eigenvalue weighted by molar-refractivity contribution is 14.0. The van der Waals surface area contributed by atoms with Crippen LogP contribution in [-0.2, 0) is 4.74 Å². The molecular weight excluding hydrogens is 412 g/mol. The number of nitrogens with one attached hydrogen (secondary N) is 2. The van der Waals surface area contributed by atoms with Gasteiger partial charge in [0.2, 0.25) is 0 Å². The third kappa shape index (κ3) is 7.83. The number of hydrogen-bond acceptors (Lipinski definition) is 3. The molecule has 1 aliphatic rings. The molecule has 1 atom stereocenters. The summed E-state index contributed by atoms with van der Waals surface area (Å²) in [6.45, 7) is 2.97. The van der Waals surface area contributed by atoms with Gasteiger partial charge in [0.25, 0.3) is 0 Å². The fraction of sp³-hybridized carbons (Fsp3) is 0.562. The van der Waals surface area contributed by atoms with Crippen molar-refractivity contribution in [2.75, 3.05) is 33.4 Å². The molecule has 0 amide bonds. The normalized spacial score (nSPS) is 17.5. The van der Waals surface area contributed by atoms with Gasteiger partial charge in [-0.2, -0.15) is 0 Å². The summed E-state index contributed by atoms with van der Waals surface area (Å²) in [7, 11) is 1.75. The first-order chi connectivity index (χ1) is 10.8. The fourth-order valence-electron chi connectivity index (χ4n) is 2.24. The standard InChI is InChI=1S/C16H24FN3O2.HI/c1-18-16(20-12-15-4-2-10-22-15)19-9-3-11-21-14-7-5-13(17)6-8-14;/h5-8,15H,2-4,9-12H2,1H3,(H2,18,19,20);1H. The number of ether oxygens (including phenoxy) is 2. The molecular formula is C16H25FIN3O2. The van der Waals surface area contributed by atoms with Gasteiger partial charge in [0.1, 0.15) is 11.6 Å². The van der Waals surface area contributed by atoms with Gasteiger partial charge in [-0.1, -0.05) is 0 Å². The van der Waals surface area contributed by atoms with Gasteiger partial charge in [-0.05, 0) is 43.5 Å². The van der Waals surface area contributed by atoms with E-state index >= 15 is 0 Å². The molecule has 0 aromatic heterocycles. The van der Waals surface area contributed by atoms with E-state index in [9.17, 15) is 4.39 Å². The highest BCUT2D eigenvalue weighted by Gasteiger charge is 2.15. The van der Waals surface area contributed by atoms with Crippen LogP contribution < -0.4 is 15.4 Å². The molecule has 1 aromatic carbocycles. The SMILES string of the molecule is CN=C(NCCCOc1ccc(F)cc1)NCC1CCCO1.I. The highest BCUT2D eigenvalue weighted by Crippen LogP contribution is 2.11. The van der Waals surface area contributed by atoms with Crippen LogP contribution in [-0.4, -0.2) is 45.4 Å². The quantitative estimate of drug-likeness (QED) is 0.298. The second-order valence-corrected chi connectivity index (χ2v) is 5.17. The van der Waals surface area contributed by atoms with Crippen LogP contribution in [0.15, 0.2) is 29.3 Å². The first-order valence-electron chi connectivity index (χ1n) is 7.72. The van der Waals surface area contributed by atoms with Crippen molar-refractivity contribution in [2.45, 2.75) is 25.4 Å². The minimum atomic E-state index is -0.255. The Morgan fingerprint density at radius 3 is 2.78 bits per heavy atom. The molecule has 7 heteroatoms. The zero-order valence-corrected chi connectivity index (χ0v) is 15.7. The van der Waals surface area contributed by atoms with E-state index in [4.69, 9.17) is 9.47 Å². The summed E-state index contributed by atoms with van der Waals surface area (Å²) >= 11 is 0. The zero-order valence-electron chi connectivity index (χ0n) is 13.4. The molecule has 0 spiro atoms. The van der Waals surface area contributed by atoms with Crippen molar-refractivity contribution >= 4 is 29.9 Å². The van der Waals surface area contributed by atoms with Gasteiger partial charge < -0.3 is 20.1 Å². The van der Waals surface area contributed by atoms with Crippen molar-refractivity contribution in [3.05, 3.63) is 30.1 Å².